The van der Waals surface area contributed by atoms with E-state index in [0.29, 0.717) is 3.57 Å². The van der Waals surface area contributed by atoms with Crippen LogP contribution in [0.25, 0.3) is 0 Å². The number of nitrogens with one attached hydrogen (secondary N) is 1. The van der Waals surface area contributed by atoms with Gasteiger partial charge in [-0.2, -0.15) is 0 Å². The monoisotopic (exact) mass is 549 g/mol. The summed E-state index contributed by atoms with van der Waals surface area (Å²) in [7, 11) is 0. The second-order valence-corrected chi connectivity index (χ2v) is 8.99. The quantitative estimate of drug-likeness (QED) is 0.310. The molecule has 0 aromatic heterocycles. The first-order valence-electron chi connectivity index (χ1n) is 9.32. The molecule has 2 N–H and O–H groups in total. The van der Waals surface area contributed by atoms with Crippen molar-refractivity contribution in [3.63, 3.8) is 0 Å². The van der Waals surface area contributed by atoms with Crippen LogP contribution in [0.5, 0.6) is 0 Å². The third-order valence-electron chi connectivity index (χ3n) is 4.96. The summed E-state index contributed by atoms with van der Waals surface area (Å²) >= 11 is 1.90. The minimum Gasteiger partial charge on any atom is -0.386 e. The molecule has 0 aliphatic carbocycles. The van der Waals surface area contributed by atoms with Gasteiger partial charge >= 0.3 is 0 Å². The van der Waals surface area contributed by atoms with Crippen molar-refractivity contribution in [1.29, 1.82) is 0 Å². The molecule has 31 heavy (non-hydrogen) atoms. The summed E-state index contributed by atoms with van der Waals surface area (Å²) in [6, 6.07) is 5.98. The van der Waals surface area contributed by atoms with Gasteiger partial charge in [-0.25, -0.2) is 13.2 Å². The number of rotatable bonds is 7. The number of amides is 1. The van der Waals surface area contributed by atoms with Gasteiger partial charge in [0.1, 0.15) is 11.4 Å². The molecule has 2 aromatic carbocycles. The average molecular weight is 549 g/mol. The van der Waals surface area contributed by atoms with Crippen LogP contribution in [0.3, 0.4) is 0 Å². The molecule has 0 spiro atoms. The Hall–Kier alpha value is -2.41. The SMILES string of the molecule is CC(C[N+](=O)[O-])CC1(O)CN(C(=O)c2ccc(F)c(F)c2Nc2ccc(I)cc2F)C1. The molecule has 1 saturated heterocycles. The summed E-state index contributed by atoms with van der Waals surface area (Å²) in [6.07, 6.45) is 0.120. The Labute approximate surface area is 189 Å². The Bertz CT molecular complexity index is 1030. The van der Waals surface area contributed by atoms with E-state index in [9.17, 15) is 33.2 Å². The third kappa shape index (κ3) is 5.26. The van der Waals surface area contributed by atoms with E-state index in [1.165, 1.54) is 17.0 Å². The number of aliphatic hydroxyl groups is 1. The van der Waals surface area contributed by atoms with Crippen LogP contribution in [-0.4, -0.2) is 46.1 Å². The molecule has 1 atom stereocenters. The Kier molecular flexibility index (Phi) is 6.74. The molecule has 1 amide bonds. The molecule has 7 nitrogen and oxygen atoms in total. The molecule has 1 unspecified atom stereocenters. The van der Waals surface area contributed by atoms with Crippen LogP contribution in [0.4, 0.5) is 24.5 Å². The van der Waals surface area contributed by atoms with Crippen LogP contribution < -0.4 is 5.32 Å². The predicted molar refractivity (Wildman–Crippen MR) is 115 cm³/mol. The standard InChI is InChI=1S/C20H19F3IN3O4/c1-11(8-27(30)31)7-20(29)9-26(10-20)19(28)13-3-4-14(21)17(23)18(13)25-16-5-2-12(24)6-15(16)22/h2-6,11,25,29H,7-10H2,1H3. The second-order valence-electron chi connectivity index (χ2n) is 7.74. The van der Waals surface area contributed by atoms with Crippen LogP contribution in [0, 0.1) is 37.1 Å². The molecule has 11 heteroatoms. The van der Waals surface area contributed by atoms with E-state index in [2.05, 4.69) is 5.32 Å². The highest BCUT2D eigenvalue weighted by Gasteiger charge is 2.45. The number of likely N-dealkylation sites (tertiary alicyclic amines) is 1. The Balaban J connectivity index is 1.79. The number of halogens is 4. The maximum Gasteiger partial charge on any atom is 0.256 e. The number of hydrogen-bond donors (Lipinski definition) is 2. The number of benzene rings is 2. The topological polar surface area (TPSA) is 95.7 Å². The van der Waals surface area contributed by atoms with Crippen molar-refractivity contribution in [3.05, 3.63) is 67.0 Å². The molecule has 0 bridgehead atoms. The van der Waals surface area contributed by atoms with E-state index in [4.69, 9.17) is 0 Å². The molecule has 0 radical (unpaired) electrons. The van der Waals surface area contributed by atoms with Crippen LogP contribution in [-0.2, 0) is 0 Å². The number of nitrogens with zero attached hydrogens (tertiary/aromatic N) is 2. The zero-order valence-electron chi connectivity index (χ0n) is 16.4. The van der Waals surface area contributed by atoms with Gasteiger partial charge in [0.25, 0.3) is 5.91 Å². The zero-order chi connectivity index (χ0) is 22.9. The molecular formula is C20H19F3IN3O4. The number of β-amino-alcohol motifs (C(OH)–C–C–N with tert-alkyl or cyclic N) is 1. The summed E-state index contributed by atoms with van der Waals surface area (Å²) in [5, 5.41) is 23.6. The van der Waals surface area contributed by atoms with Crippen molar-refractivity contribution >= 4 is 39.9 Å². The van der Waals surface area contributed by atoms with Gasteiger partial charge in [-0.1, -0.05) is 6.92 Å². The van der Waals surface area contributed by atoms with E-state index < -0.39 is 45.5 Å². The Morgan fingerprint density at radius 2 is 1.97 bits per heavy atom. The van der Waals surface area contributed by atoms with E-state index in [1.807, 2.05) is 22.6 Å². The summed E-state index contributed by atoms with van der Waals surface area (Å²) in [6.45, 7) is 1.10. The number of hydrogen-bond acceptors (Lipinski definition) is 5. The lowest BCUT2D eigenvalue weighted by atomic mass is 9.84. The highest BCUT2D eigenvalue weighted by molar-refractivity contribution is 14.1. The van der Waals surface area contributed by atoms with Crippen LogP contribution in [0.2, 0.25) is 0 Å². The van der Waals surface area contributed by atoms with Gasteiger partial charge in [-0.05, 0) is 59.3 Å². The van der Waals surface area contributed by atoms with Gasteiger partial charge in [0.15, 0.2) is 11.6 Å². The first-order valence-corrected chi connectivity index (χ1v) is 10.4. The fraction of sp³-hybridized carbons (Fsp3) is 0.350. The first kappa shape index (κ1) is 23.3. The molecule has 166 valence electrons. The van der Waals surface area contributed by atoms with Crippen LogP contribution >= 0.6 is 22.6 Å². The summed E-state index contributed by atoms with van der Waals surface area (Å²) in [5.41, 5.74) is -2.16. The minimum atomic E-state index is -1.33. The lowest BCUT2D eigenvalue weighted by molar-refractivity contribution is -0.488. The summed E-state index contributed by atoms with van der Waals surface area (Å²) in [4.78, 5) is 24.2. The smallest absolute Gasteiger partial charge is 0.256 e. The lowest BCUT2D eigenvalue weighted by Gasteiger charge is -2.47. The molecule has 1 fully saturated rings. The Morgan fingerprint density at radius 3 is 2.58 bits per heavy atom. The number of nitro groups is 1. The molecule has 0 saturated carbocycles. The van der Waals surface area contributed by atoms with Crippen molar-refractivity contribution < 1.29 is 28.0 Å². The van der Waals surface area contributed by atoms with Crippen molar-refractivity contribution in [1.82, 2.24) is 4.90 Å². The zero-order valence-corrected chi connectivity index (χ0v) is 18.5. The summed E-state index contributed by atoms with van der Waals surface area (Å²) in [5.74, 6) is -4.33. The van der Waals surface area contributed by atoms with Crippen LogP contribution in [0.1, 0.15) is 23.7 Å². The van der Waals surface area contributed by atoms with E-state index in [1.54, 1.807) is 13.0 Å². The fourth-order valence-electron chi connectivity index (χ4n) is 3.65. The highest BCUT2D eigenvalue weighted by Crippen LogP contribution is 2.33. The highest BCUT2D eigenvalue weighted by atomic mass is 127. The largest absolute Gasteiger partial charge is 0.386 e. The molecule has 1 aliphatic rings. The number of carbonyl (C=O) groups excluding carboxylic acids is 1. The molecule has 1 aliphatic heterocycles. The van der Waals surface area contributed by atoms with Gasteiger partial charge in [0, 0.05) is 14.4 Å². The maximum atomic E-state index is 14.5. The van der Waals surface area contributed by atoms with Gasteiger partial charge < -0.3 is 15.3 Å². The maximum absolute atomic E-state index is 14.5. The molecule has 3 rings (SSSR count). The predicted octanol–water partition coefficient (Wildman–Crippen LogP) is 3.94. The third-order valence-corrected chi connectivity index (χ3v) is 5.63. The van der Waals surface area contributed by atoms with Crippen molar-refractivity contribution in [3.8, 4) is 0 Å². The van der Waals surface area contributed by atoms with E-state index >= 15 is 0 Å². The normalized spacial score (nSPS) is 15.9. The van der Waals surface area contributed by atoms with Gasteiger partial charge in [-0.15, -0.1) is 0 Å². The van der Waals surface area contributed by atoms with Gasteiger partial charge in [0.05, 0.1) is 30.0 Å². The Morgan fingerprint density at radius 1 is 1.29 bits per heavy atom. The average Bonchev–Trinajstić information content (AvgIpc) is 2.64. The fourth-order valence-corrected chi connectivity index (χ4v) is 4.10. The van der Waals surface area contributed by atoms with Crippen molar-refractivity contribution in [2.45, 2.75) is 18.9 Å². The van der Waals surface area contributed by atoms with E-state index in [0.717, 1.165) is 12.1 Å². The van der Waals surface area contributed by atoms with Crippen LogP contribution in [0.15, 0.2) is 30.3 Å². The molecule has 1 heterocycles. The lowest BCUT2D eigenvalue weighted by Crippen LogP contribution is -2.64. The number of carbonyl (C=O) groups is 1. The summed E-state index contributed by atoms with van der Waals surface area (Å²) < 4.78 is 43.1. The van der Waals surface area contributed by atoms with Gasteiger partial charge in [-0.3, -0.25) is 14.9 Å². The van der Waals surface area contributed by atoms with Gasteiger partial charge in [0.2, 0.25) is 6.54 Å². The van der Waals surface area contributed by atoms with Crippen molar-refractivity contribution in [2.75, 3.05) is 25.0 Å². The minimum absolute atomic E-state index is 0.107. The molecular weight excluding hydrogens is 530 g/mol. The number of anilines is 2. The van der Waals surface area contributed by atoms with Crippen molar-refractivity contribution in [2.24, 2.45) is 5.92 Å². The molecule has 2 aromatic rings. The van der Waals surface area contributed by atoms with E-state index in [-0.39, 0.29) is 37.3 Å². The second kappa shape index (κ2) is 8.99. The first-order chi connectivity index (χ1) is 14.5.